The van der Waals surface area contributed by atoms with E-state index in [1.165, 1.54) is 16.4 Å². The Labute approximate surface area is 139 Å². The van der Waals surface area contributed by atoms with Gasteiger partial charge in [0.05, 0.1) is 5.69 Å². The van der Waals surface area contributed by atoms with Crippen molar-refractivity contribution in [1.82, 2.24) is 9.88 Å². The van der Waals surface area contributed by atoms with E-state index in [1.54, 1.807) is 4.90 Å². The van der Waals surface area contributed by atoms with Crippen LogP contribution in [0.15, 0.2) is 42.5 Å². The van der Waals surface area contributed by atoms with Crippen molar-refractivity contribution in [2.45, 2.75) is 26.4 Å². The zero-order valence-corrected chi connectivity index (χ0v) is 13.9. The molecule has 1 aliphatic heterocycles. The first-order valence-corrected chi connectivity index (χ1v) is 8.18. The smallest absolute Gasteiger partial charge is 0.255 e. The van der Waals surface area contributed by atoms with Gasteiger partial charge in [-0.3, -0.25) is 9.69 Å². The number of nitrogens with zero attached hydrogens (tertiary/aromatic N) is 2. The number of carbonyl (C=O) groups is 1. The Kier molecular flexibility index (Phi) is 3.13. The van der Waals surface area contributed by atoms with E-state index in [9.17, 15) is 4.79 Å². The summed E-state index contributed by atoms with van der Waals surface area (Å²) in [5.41, 5.74) is 3.21. The molecular formula is C18H17N3OS. The summed E-state index contributed by atoms with van der Waals surface area (Å²) < 4.78 is 2.29. The van der Waals surface area contributed by atoms with Gasteiger partial charge in [0.1, 0.15) is 6.04 Å². The Morgan fingerprint density at radius 1 is 1.13 bits per heavy atom. The number of aromatic nitrogens is 1. The van der Waals surface area contributed by atoms with Gasteiger partial charge >= 0.3 is 0 Å². The third-order valence-electron chi connectivity index (χ3n) is 4.46. The highest BCUT2D eigenvalue weighted by Crippen LogP contribution is 2.32. The van der Waals surface area contributed by atoms with Crippen LogP contribution in [0.2, 0.25) is 0 Å². The molecule has 4 rings (SSSR count). The Bertz CT molecular complexity index is 959. The first-order chi connectivity index (χ1) is 11.1. The monoisotopic (exact) mass is 323 g/mol. The van der Waals surface area contributed by atoms with E-state index in [2.05, 4.69) is 47.1 Å². The number of nitrogens with one attached hydrogen (secondary N) is 1. The van der Waals surface area contributed by atoms with E-state index >= 15 is 0 Å². The number of amides is 1. The molecule has 2 aromatic carbocycles. The molecule has 0 saturated carbocycles. The first-order valence-electron chi connectivity index (χ1n) is 7.77. The molecule has 1 amide bonds. The van der Waals surface area contributed by atoms with E-state index in [-0.39, 0.29) is 11.9 Å². The van der Waals surface area contributed by atoms with Gasteiger partial charge in [0.25, 0.3) is 5.91 Å². The Morgan fingerprint density at radius 3 is 2.57 bits per heavy atom. The SMILES string of the molecule is CCn1c2ccccc2c2cc(N3C(=O)C(C)NC3=S)ccc21. The molecule has 1 fully saturated rings. The second-order valence-corrected chi connectivity index (χ2v) is 6.19. The molecular weight excluding hydrogens is 306 g/mol. The molecule has 1 unspecified atom stereocenters. The van der Waals surface area contributed by atoms with Gasteiger partial charge < -0.3 is 9.88 Å². The summed E-state index contributed by atoms with van der Waals surface area (Å²) in [6, 6.07) is 14.2. The lowest BCUT2D eigenvalue weighted by molar-refractivity contribution is -0.117. The average molecular weight is 323 g/mol. The van der Waals surface area contributed by atoms with Gasteiger partial charge in [0, 0.05) is 28.4 Å². The van der Waals surface area contributed by atoms with Crippen molar-refractivity contribution in [2.24, 2.45) is 0 Å². The number of anilines is 1. The zero-order chi connectivity index (χ0) is 16.1. The van der Waals surface area contributed by atoms with Crippen molar-refractivity contribution in [3.63, 3.8) is 0 Å². The van der Waals surface area contributed by atoms with Crippen molar-refractivity contribution in [3.8, 4) is 0 Å². The van der Waals surface area contributed by atoms with Gasteiger partial charge in [0.2, 0.25) is 0 Å². The van der Waals surface area contributed by atoms with E-state index in [0.29, 0.717) is 5.11 Å². The maximum atomic E-state index is 12.3. The van der Waals surface area contributed by atoms with Crippen LogP contribution in [0.3, 0.4) is 0 Å². The zero-order valence-electron chi connectivity index (χ0n) is 13.0. The van der Waals surface area contributed by atoms with Crippen molar-refractivity contribution in [2.75, 3.05) is 4.90 Å². The molecule has 0 radical (unpaired) electrons. The Balaban J connectivity index is 1.97. The summed E-state index contributed by atoms with van der Waals surface area (Å²) in [5.74, 6) is -0.00594. The highest BCUT2D eigenvalue weighted by atomic mass is 32.1. The minimum absolute atomic E-state index is 0.00594. The van der Waals surface area contributed by atoms with E-state index < -0.39 is 0 Å². The molecule has 2 heterocycles. The number of aryl methyl sites for hydroxylation is 1. The molecule has 5 heteroatoms. The predicted octanol–water partition coefficient (Wildman–Crippen LogP) is 3.42. The minimum Gasteiger partial charge on any atom is -0.350 e. The fourth-order valence-corrected chi connectivity index (χ4v) is 3.74. The van der Waals surface area contributed by atoms with Crippen LogP contribution < -0.4 is 10.2 Å². The van der Waals surface area contributed by atoms with Gasteiger partial charge in [-0.05, 0) is 50.3 Å². The number of benzene rings is 2. The number of rotatable bonds is 2. The molecule has 1 atom stereocenters. The van der Waals surface area contributed by atoms with E-state index in [1.807, 2.05) is 19.1 Å². The van der Waals surface area contributed by atoms with Crippen molar-refractivity contribution < 1.29 is 4.79 Å². The summed E-state index contributed by atoms with van der Waals surface area (Å²) in [5, 5.41) is 5.84. The fourth-order valence-electron chi connectivity index (χ4n) is 3.37. The van der Waals surface area contributed by atoms with Crippen molar-refractivity contribution in [3.05, 3.63) is 42.5 Å². The second-order valence-electron chi connectivity index (χ2n) is 5.81. The van der Waals surface area contributed by atoms with Crippen molar-refractivity contribution in [1.29, 1.82) is 0 Å². The Hall–Kier alpha value is -2.40. The number of fused-ring (bicyclic) bond motifs is 3. The van der Waals surface area contributed by atoms with Crippen LogP contribution in [-0.2, 0) is 11.3 Å². The molecule has 116 valence electrons. The van der Waals surface area contributed by atoms with Crippen LogP contribution in [0.5, 0.6) is 0 Å². The quantitative estimate of drug-likeness (QED) is 0.734. The van der Waals surface area contributed by atoms with Gasteiger partial charge in [-0.1, -0.05) is 18.2 Å². The average Bonchev–Trinajstić information content (AvgIpc) is 3.01. The summed E-state index contributed by atoms with van der Waals surface area (Å²) in [7, 11) is 0. The van der Waals surface area contributed by atoms with Crippen LogP contribution in [0.1, 0.15) is 13.8 Å². The third kappa shape index (κ3) is 1.96. The van der Waals surface area contributed by atoms with E-state index in [0.717, 1.165) is 17.6 Å². The first kappa shape index (κ1) is 14.2. The molecule has 1 aliphatic rings. The highest BCUT2D eigenvalue weighted by Gasteiger charge is 2.33. The van der Waals surface area contributed by atoms with Crippen LogP contribution in [0.4, 0.5) is 5.69 Å². The molecule has 4 nitrogen and oxygen atoms in total. The molecule has 0 aliphatic carbocycles. The lowest BCUT2D eigenvalue weighted by Crippen LogP contribution is -2.30. The normalized spacial score (nSPS) is 18.2. The molecule has 0 bridgehead atoms. The largest absolute Gasteiger partial charge is 0.350 e. The summed E-state index contributed by atoms with van der Waals surface area (Å²) >= 11 is 5.31. The highest BCUT2D eigenvalue weighted by molar-refractivity contribution is 7.80. The number of carbonyl (C=O) groups excluding carboxylic acids is 1. The standard InChI is InChI=1S/C18H17N3OS/c1-3-20-15-7-5-4-6-13(15)14-10-12(8-9-16(14)20)21-17(22)11(2)19-18(21)23/h4-11H,3H2,1-2H3,(H,19,23). The van der Waals surface area contributed by atoms with Crippen molar-refractivity contribution >= 4 is 50.7 Å². The van der Waals surface area contributed by atoms with Gasteiger partial charge in [-0.2, -0.15) is 0 Å². The second kappa shape index (κ2) is 5.06. The molecule has 23 heavy (non-hydrogen) atoms. The summed E-state index contributed by atoms with van der Waals surface area (Å²) in [6.07, 6.45) is 0. The predicted molar refractivity (Wildman–Crippen MR) is 97.8 cm³/mol. The van der Waals surface area contributed by atoms with E-state index in [4.69, 9.17) is 12.2 Å². The number of hydrogen-bond acceptors (Lipinski definition) is 2. The Morgan fingerprint density at radius 2 is 1.87 bits per heavy atom. The van der Waals surface area contributed by atoms with Crippen LogP contribution in [-0.4, -0.2) is 21.6 Å². The van der Waals surface area contributed by atoms with Crippen LogP contribution in [0, 0.1) is 0 Å². The third-order valence-corrected chi connectivity index (χ3v) is 4.76. The molecule has 1 saturated heterocycles. The number of thiocarbonyl (C=S) groups is 1. The fraction of sp³-hybridized carbons (Fsp3) is 0.222. The lowest BCUT2D eigenvalue weighted by Gasteiger charge is -2.15. The van der Waals surface area contributed by atoms with Gasteiger partial charge in [-0.25, -0.2) is 0 Å². The molecule has 1 N–H and O–H groups in total. The topological polar surface area (TPSA) is 37.3 Å². The van der Waals surface area contributed by atoms with Crippen LogP contribution >= 0.6 is 12.2 Å². The summed E-state index contributed by atoms with van der Waals surface area (Å²) in [6.45, 7) is 4.88. The maximum Gasteiger partial charge on any atom is 0.255 e. The van der Waals surface area contributed by atoms with Gasteiger partial charge in [0.15, 0.2) is 5.11 Å². The van der Waals surface area contributed by atoms with Crippen LogP contribution in [0.25, 0.3) is 21.8 Å². The molecule has 0 spiro atoms. The number of hydrogen-bond donors (Lipinski definition) is 1. The molecule has 1 aromatic heterocycles. The van der Waals surface area contributed by atoms with Gasteiger partial charge in [-0.15, -0.1) is 0 Å². The summed E-state index contributed by atoms with van der Waals surface area (Å²) in [4.78, 5) is 13.9. The molecule has 3 aromatic rings. The number of para-hydroxylation sites is 1. The maximum absolute atomic E-state index is 12.3. The minimum atomic E-state index is -0.268. The lowest BCUT2D eigenvalue weighted by atomic mass is 10.1.